The minimum absolute atomic E-state index is 0.0757. The summed E-state index contributed by atoms with van der Waals surface area (Å²) in [5, 5.41) is 3.59. The number of anilines is 1. The topological polar surface area (TPSA) is 24.9 Å². The molecule has 96 valence electrons. The third-order valence-corrected chi connectivity index (χ3v) is 2.91. The fourth-order valence-electron chi connectivity index (χ4n) is 1.82. The van der Waals surface area contributed by atoms with E-state index >= 15 is 0 Å². The van der Waals surface area contributed by atoms with Gasteiger partial charge in [-0.15, -0.1) is 0 Å². The van der Waals surface area contributed by atoms with Crippen LogP contribution in [0.15, 0.2) is 18.2 Å². The van der Waals surface area contributed by atoms with Gasteiger partial charge in [0.15, 0.2) is 11.6 Å². The molecule has 2 rings (SSSR count). The number of halogens is 2. The zero-order chi connectivity index (χ0) is 13.5. The molecule has 1 aromatic heterocycles. The molecule has 0 bridgehead atoms. The van der Waals surface area contributed by atoms with Crippen molar-refractivity contribution in [2.45, 2.75) is 26.2 Å². The number of rotatable bonds is 1. The lowest BCUT2D eigenvalue weighted by molar-refractivity contribution is 0.513. The predicted molar refractivity (Wildman–Crippen MR) is 69.9 cm³/mol. The van der Waals surface area contributed by atoms with Gasteiger partial charge in [-0.25, -0.2) is 13.8 Å². The van der Waals surface area contributed by atoms with E-state index in [1.165, 1.54) is 0 Å². The summed E-state index contributed by atoms with van der Waals surface area (Å²) in [4.78, 5) is 4.26. The maximum atomic E-state index is 13.8. The van der Waals surface area contributed by atoms with E-state index < -0.39 is 11.6 Å². The molecule has 0 aliphatic carbocycles. The van der Waals surface area contributed by atoms with Crippen molar-refractivity contribution in [2.24, 2.45) is 0 Å². The number of nitrogens with zero attached hydrogens (tertiary/aromatic N) is 1. The lowest BCUT2D eigenvalue weighted by atomic mass is 9.90. The molecule has 0 spiro atoms. The average molecular weight is 250 g/mol. The summed E-state index contributed by atoms with van der Waals surface area (Å²) in [7, 11) is 1.75. The fourth-order valence-corrected chi connectivity index (χ4v) is 1.82. The molecule has 1 heterocycles. The van der Waals surface area contributed by atoms with Gasteiger partial charge in [-0.3, -0.25) is 0 Å². The Morgan fingerprint density at radius 3 is 2.39 bits per heavy atom. The van der Waals surface area contributed by atoms with Gasteiger partial charge in [-0.05, 0) is 18.2 Å². The second-order valence-electron chi connectivity index (χ2n) is 5.31. The molecule has 0 unspecified atom stereocenters. The molecule has 1 aromatic carbocycles. The number of nitrogens with one attached hydrogen (secondary N) is 1. The Balaban J connectivity index is 2.85. The van der Waals surface area contributed by atoms with E-state index in [-0.39, 0.29) is 10.9 Å². The van der Waals surface area contributed by atoms with E-state index in [4.69, 9.17) is 0 Å². The highest BCUT2D eigenvalue weighted by atomic mass is 19.2. The van der Waals surface area contributed by atoms with Gasteiger partial charge in [-0.2, -0.15) is 0 Å². The van der Waals surface area contributed by atoms with Crippen LogP contribution in [0.5, 0.6) is 0 Å². The van der Waals surface area contributed by atoms with Crippen LogP contribution >= 0.6 is 0 Å². The maximum absolute atomic E-state index is 13.8. The predicted octanol–water partition coefficient (Wildman–Crippen LogP) is 3.85. The maximum Gasteiger partial charge on any atom is 0.185 e. The van der Waals surface area contributed by atoms with Crippen molar-refractivity contribution < 1.29 is 8.78 Å². The second-order valence-corrected chi connectivity index (χ2v) is 5.31. The average Bonchev–Trinajstić information content (AvgIpc) is 2.31. The van der Waals surface area contributed by atoms with Gasteiger partial charge in [-0.1, -0.05) is 20.8 Å². The number of benzene rings is 1. The summed E-state index contributed by atoms with van der Waals surface area (Å²) >= 11 is 0. The van der Waals surface area contributed by atoms with Gasteiger partial charge in [0.1, 0.15) is 5.52 Å². The first-order valence-electron chi connectivity index (χ1n) is 5.81. The SMILES string of the molecule is CNc1cc(C(C)(C)C)nc2c(F)c(F)ccc12. The minimum atomic E-state index is -0.893. The van der Waals surface area contributed by atoms with Crippen LogP contribution < -0.4 is 5.32 Å². The van der Waals surface area contributed by atoms with Gasteiger partial charge < -0.3 is 5.32 Å². The number of aromatic nitrogens is 1. The molecule has 0 amide bonds. The number of fused-ring (bicyclic) bond motifs is 1. The molecule has 0 atom stereocenters. The van der Waals surface area contributed by atoms with E-state index in [0.29, 0.717) is 5.39 Å². The molecular formula is C14H16F2N2. The molecule has 0 aliphatic heterocycles. The van der Waals surface area contributed by atoms with E-state index in [1.54, 1.807) is 13.1 Å². The molecule has 2 aromatic rings. The Kier molecular flexibility index (Phi) is 2.97. The third-order valence-electron chi connectivity index (χ3n) is 2.91. The first-order valence-corrected chi connectivity index (χ1v) is 5.81. The second kappa shape index (κ2) is 4.19. The first kappa shape index (κ1) is 12.7. The van der Waals surface area contributed by atoms with Gasteiger partial charge in [0.25, 0.3) is 0 Å². The standard InChI is InChI=1S/C14H16F2N2/c1-14(2,3)11-7-10(17-4)8-5-6-9(15)12(16)13(8)18-11/h5-7H,1-4H3,(H,17,18). The van der Waals surface area contributed by atoms with Crippen LogP contribution in [-0.4, -0.2) is 12.0 Å². The molecule has 1 N–H and O–H groups in total. The molecular weight excluding hydrogens is 234 g/mol. The number of hydrogen-bond acceptors (Lipinski definition) is 2. The number of hydrogen-bond donors (Lipinski definition) is 1. The monoisotopic (exact) mass is 250 g/mol. The lowest BCUT2D eigenvalue weighted by Gasteiger charge is -2.20. The van der Waals surface area contributed by atoms with Crippen LogP contribution in [0.1, 0.15) is 26.5 Å². The van der Waals surface area contributed by atoms with Crippen molar-refractivity contribution in [1.29, 1.82) is 0 Å². The Hall–Kier alpha value is -1.71. The molecule has 0 saturated heterocycles. The third kappa shape index (κ3) is 2.03. The Morgan fingerprint density at radius 1 is 1.17 bits per heavy atom. The molecule has 0 saturated carbocycles. The van der Waals surface area contributed by atoms with Gasteiger partial charge in [0.05, 0.1) is 0 Å². The van der Waals surface area contributed by atoms with Crippen molar-refractivity contribution in [1.82, 2.24) is 4.98 Å². The van der Waals surface area contributed by atoms with Crippen LogP contribution in [0.2, 0.25) is 0 Å². The molecule has 0 aliphatic rings. The van der Waals surface area contributed by atoms with Crippen molar-refractivity contribution in [2.75, 3.05) is 12.4 Å². The summed E-state index contributed by atoms with van der Waals surface area (Å²) in [5.41, 5.74) is 1.33. The van der Waals surface area contributed by atoms with Gasteiger partial charge >= 0.3 is 0 Å². The van der Waals surface area contributed by atoms with Crippen LogP contribution in [0.3, 0.4) is 0 Å². The minimum Gasteiger partial charge on any atom is -0.388 e. The quantitative estimate of drug-likeness (QED) is 0.831. The van der Waals surface area contributed by atoms with Crippen LogP contribution in [0.25, 0.3) is 10.9 Å². The highest BCUT2D eigenvalue weighted by Crippen LogP contribution is 2.30. The summed E-state index contributed by atoms with van der Waals surface area (Å²) in [6, 6.07) is 4.54. The van der Waals surface area contributed by atoms with E-state index in [2.05, 4.69) is 10.3 Å². The van der Waals surface area contributed by atoms with Crippen molar-refractivity contribution in [3.8, 4) is 0 Å². The van der Waals surface area contributed by atoms with E-state index in [9.17, 15) is 8.78 Å². The van der Waals surface area contributed by atoms with Gasteiger partial charge in [0, 0.05) is 29.2 Å². The Labute approximate surface area is 105 Å². The van der Waals surface area contributed by atoms with Crippen LogP contribution in [0.4, 0.5) is 14.5 Å². The van der Waals surface area contributed by atoms with Crippen molar-refractivity contribution in [3.63, 3.8) is 0 Å². The highest BCUT2D eigenvalue weighted by molar-refractivity contribution is 5.92. The molecule has 2 nitrogen and oxygen atoms in total. The number of pyridine rings is 1. The Morgan fingerprint density at radius 2 is 1.83 bits per heavy atom. The molecule has 0 radical (unpaired) electrons. The zero-order valence-electron chi connectivity index (χ0n) is 10.9. The smallest absolute Gasteiger partial charge is 0.185 e. The Bertz CT molecular complexity index is 601. The summed E-state index contributed by atoms with van der Waals surface area (Å²) in [6.07, 6.45) is 0. The zero-order valence-corrected chi connectivity index (χ0v) is 10.9. The molecule has 0 fully saturated rings. The van der Waals surface area contributed by atoms with E-state index in [1.807, 2.05) is 26.8 Å². The lowest BCUT2D eigenvalue weighted by Crippen LogP contribution is -2.14. The summed E-state index contributed by atoms with van der Waals surface area (Å²) in [6.45, 7) is 5.95. The molecule has 4 heteroatoms. The summed E-state index contributed by atoms with van der Waals surface area (Å²) < 4.78 is 27.1. The normalized spacial score (nSPS) is 11.9. The highest BCUT2D eigenvalue weighted by Gasteiger charge is 2.20. The van der Waals surface area contributed by atoms with E-state index in [0.717, 1.165) is 17.4 Å². The van der Waals surface area contributed by atoms with Crippen molar-refractivity contribution in [3.05, 3.63) is 35.5 Å². The van der Waals surface area contributed by atoms with Gasteiger partial charge in [0.2, 0.25) is 0 Å². The van der Waals surface area contributed by atoms with Crippen LogP contribution in [-0.2, 0) is 5.41 Å². The summed E-state index contributed by atoms with van der Waals surface area (Å²) in [5.74, 6) is -1.77. The largest absolute Gasteiger partial charge is 0.388 e. The van der Waals surface area contributed by atoms with Crippen LogP contribution in [0, 0.1) is 11.6 Å². The van der Waals surface area contributed by atoms with Crippen molar-refractivity contribution >= 4 is 16.6 Å². The molecule has 18 heavy (non-hydrogen) atoms. The fraction of sp³-hybridized carbons (Fsp3) is 0.357. The first-order chi connectivity index (χ1) is 8.34.